The molecule has 0 saturated carbocycles. The Labute approximate surface area is 187 Å². The number of carboxylic acid groups (broad SMARTS) is 1. The van der Waals surface area contributed by atoms with Gasteiger partial charge < -0.3 is 14.8 Å². The molecule has 4 aromatic rings. The van der Waals surface area contributed by atoms with E-state index in [0.29, 0.717) is 5.56 Å². The summed E-state index contributed by atoms with van der Waals surface area (Å²) in [5.41, 5.74) is 2.84. The zero-order chi connectivity index (χ0) is 22.8. The van der Waals surface area contributed by atoms with Crippen LogP contribution in [0.15, 0.2) is 65.6 Å². The predicted octanol–water partition coefficient (Wildman–Crippen LogP) is 4.27. The fraction of sp³-hybridized carbons (Fsp3) is 0.0833. The molecule has 8 heteroatoms. The summed E-state index contributed by atoms with van der Waals surface area (Å²) >= 11 is 1.46. The molecule has 2 N–H and O–H groups in total. The van der Waals surface area contributed by atoms with Crippen LogP contribution in [0.25, 0.3) is 21.6 Å². The van der Waals surface area contributed by atoms with Crippen LogP contribution in [-0.4, -0.2) is 25.7 Å². The highest BCUT2D eigenvalue weighted by Gasteiger charge is 2.14. The van der Waals surface area contributed by atoms with Gasteiger partial charge >= 0.3 is 5.97 Å². The Balaban J connectivity index is 1.67. The second-order valence-corrected chi connectivity index (χ2v) is 8.19. The average Bonchev–Trinajstić information content (AvgIpc) is 3.15. The van der Waals surface area contributed by atoms with Gasteiger partial charge in [0.25, 0.3) is 5.56 Å². The Kier molecular flexibility index (Phi) is 5.58. The number of aromatic carboxylic acids is 1. The van der Waals surface area contributed by atoms with E-state index in [1.807, 2.05) is 37.3 Å². The second kappa shape index (κ2) is 8.49. The quantitative estimate of drug-likeness (QED) is 0.476. The summed E-state index contributed by atoms with van der Waals surface area (Å²) in [6.45, 7) is 2.16. The topological polar surface area (TPSA) is 116 Å². The van der Waals surface area contributed by atoms with Crippen molar-refractivity contribution in [2.45, 2.75) is 13.5 Å². The normalized spacial score (nSPS) is 10.6. The number of rotatable bonds is 5. The maximum atomic E-state index is 12.3. The summed E-state index contributed by atoms with van der Waals surface area (Å²) in [5, 5.41) is 28.9. The number of aromatic hydroxyl groups is 1. The van der Waals surface area contributed by atoms with E-state index in [0.717, 1.165) is 26.7 Å². The minimum absolute atomic E-state index is 0.0888. The number of pyridine rings is 1. The molecule has 0 saturated heterocycles. The lowest BCUT2D eigenvalue weighted by atomic mass is 10.0. The van der Waals surface area contributed by atoms with Crippen LogP contribution in [0.3, 0.4) is 0 Å². The van der Waals surface area contributed by atoms with Gasteiger partial charge in [0, 0.05) is 6.20 Å². The molecule has 2 aromatic heterocycles. The number of nitriles is 1. The molecule has 7 nitrogen and oxygen atoms in total. The van der Waals surface area contributed by atoms with Crippen molar-refractivity contribution in [2.75, 3.05) is 0 Å². The van der Waals surface area contributed by atoms with Crippen molar-refractivity contribution >= 4 is 17.3 Å². The molecule has 0 radical (unpaired) electrons. The summed E-state index contributed by atoms with van der Waals surface area (Å²) in [4.78, 5) is 29.0. The second-order valence-electron chi connectivity index (χ2n) is 7.11. The van der Waals surface area contributed by atoms with Gasteiger partial charge in [0.15, 0.2) is 0 Å². The molecule has 2 heterocycles. The average molecular weight is 443 g/mol. The van der Waals surface area contributed by atoms with Crippen molar-refractivity contribution in [1.82, 2.24) is 9.55 Å². The number of hydrogen-bond acceptors (Lipinski definition) is 6. The zero-order valence-electron chi connectivity index (χ0n) is 16.9. The molecule has 0 amide bonds. The minimum Gasteiger partial charge on any atom is -0.507 e. The number of hydrogen-bond donors (Lipinski definition) is 2. The SMILES string of the molecule is Cc1nc(Cn2cccc(C#N)c2=O)sc1-c1cccc(-c2ccc(C(=O)O)c(O)c2)c1. The van der Waals surface area contributed by atoms with Crippen LogP contribution < -0.4 is 5.56 Å². The molecule has 32 heavy (non-hydrogen) atoms. The summed E-state index contributed by atoms with van der Waals surface area (Å²) < 4.78 is 1.46. The fourth-order valence-electron chi connectivity index (χ4n) is 3.41. The van der Waals surface area contributed by atoms with Crippen LogP contribution >= 0.6 is 11.3 Å². The monoisotopic (exact) mass is 443 g/mol. The van der Waals surface area contributed by atoms with Gasteiger partial charge in [0.1, 0.15) is 28.0 Å². The first-order valence-electron chi connectivity index (χ1n) is 9.60. The molecule has 0 atom stereocenters. The van der Waals surface area contributed by atoms with Crippen LogP contribution in [0.5, 0.6) is 5.75 Å². The standard InChI is InChI=1S/C24H17N3O4S/c1-14-22(32-21(26-14)13-27-9-3-6-18(12-25)23(27)29)17-5-2-4-15(10-17)16-7-8-19(24(30)31)20(28)11-16/h2-11,28H,13H2,1H3,(H,30,31). The smallest absolute Gasteiger partial charge is 0.339 e. The lowest BCUT2D eigenvalue weighted by Gasteiger charge is -2.07. The molecule has 0 aliphatic rings. The molecule has 2 aromatic carbocycles. The number of carbonyl (C=O) groups is 1. The molecular formula is C24H17N3O4S. The highest BCUT2D eigenvalue weighted by Crippen LogP contribution is 2.34. The Morgan fingerprint density at radius 2 is 1.88 bits per heavy atom. The van der Waals surface area contributed by atoms with E-state index >= 15 is 0 Å². The largest absolute Gasteiger partial charge is 0.507 e. The third-order valence-electron chi connectivity index (χ3n) is 4.97. The molecule has 0 unspecified atom stereocenters. The minimum atomic E-state index is -1.19. The lowest BCUT2D eigenvalue weighted by Crippen LogP contribution is -2.22. The van der Waals surface area contributed by atoms with Gasteiger partial charge in [-0.05, 0) is 53.9 Å². The van der Waals surface area contributed by atoms with E-state index < -0.39 is 5.97 Å². The number of aromatic nitrogens is 2. The van der Waals surface area contributed by atoms with Gasteiger partial charge in [-0.25, -0.2) is 9.78 Å². The third kappa shape index (κ3) is 4.02. The maximum Gasteiger partial charge on any atom is 0.339 e. The van der Waals surface area contributed by atoms with Gasteiger partial charge in [-0.15, -0.1) is 11.3 Å². The number of aryl methyl sites for hydroxylation is 1. The fourth-order valence-corrected chi connectivity index (χ4v) is 4.47. The number of benzene rings is 2. The van der Waals surface area contributed by atoms with Crippen LogP contribution in [0.1, 0.15) is 26.6 Å². The first-order valence-corrected chi connectivity index (χ1v) is 10.4. The van der Waals surface area contributed by atoms with E-state index in [1.54, 1.807) is 18.3 Å². The van der Waals surface area contributed by atoms with Gasteiger partial charge in [-0.1, -0.05) is 24.3 Å². The first-order chi connectivity index (χ1) is 15.4. The predicted molar refractivity (Wildman–Crippen MR) is 121 cm³/mol. The van der Waals surface area contributed by atoms with Crippen LogP contribution in [-0.2, 0) is 6.54 Å². The number of thiazole rings is 1. The van der Waals surface area contributed by atoms with Crippen molar-refractivity contribution in [1.29, 1.82) is 5.26 Å². The summed E-state index contributed by atoms with van der Waals surface area (Å²) in [7, 11) is 0. The highest BCUT2D eigenvalue weighted by molar-refractivity contribution is 7.15. The number of phenols is 1. The van der Waals surface area contributed by atoms with Gasteiger partial charge in [0.05, 0.1) is 17.1 Å². The Bertz CT molecular complexity index is 1450. The molecule has 158 valence electrons. The number of nitrogens with zero attached hydrogens (tertiary/aromatic N) is 3. The number of carboxylic acids is 1. The van der Waals surface area contributed by atoms with E-state index in [4.69, 9.17) is 10.4 Å². The van der Waals surface area contributed by atoms with Crippen molar-refractivity contribution in [3.8, 4) is 33.4 Å². The molecule has 0 aliphatic carbocycles. The molecule has 0 aliphatic heterocycles. The summed E-state index contributed by atoms with van der Waals surface area (Å²) in [6, 6.07) is 17.2. The molecule has 4 rings (SSSR count). The first kappa shape index (κ1) is 21.0. The van der Waals surface area contributed by atoms with E-state index in [1.165, 1.54) is 34.1 Å². The van der Waals surface area contributed by atoms with E-state index in [2.05, 4.69) is 4.98 Å². The van der Waals surface area contributed by atoms with Crippen molar-refractivity contribution < 1.29 is 15.0 Å². The van der Waals surface area contributed by atoms with E-state index in [-0.39, 0.29) is 29.0 Å². The maximum absolute atomic E-state index is 12.3. The third-order valence-corrected chi connectivity index (χ3v) is 6.16. The molecule has 0 bridgehead atoms. The molecular weight excluding hydrogens is 426 g/mol. The van der Waals surface area contributed by atoms with Gasteiger partial charge in [-0.3, -0.25) is 4.79 Å². The van der Waals surface area contributed by atoms with Crippen LogP contribution in [0.2, 0.25) is 0 Å². The van der Waals surface area contributed by atoms with Crippen molar-refractivity contribution in [3.05, 3.63) is 93.0 Å². The Morgan fingerprint density at radius 1 is 1.12 bits per heavy atom. The zero-order valence-corrected chi connectivity index (χ0v) is 17.8. The Hall–Kier alpha value is -4.22. The van der Waals surface area contributed by atoms with Gasteiger partial charge in [0.2, 0.25) is 0 Å². The molecule has 0 fully saturated rings. The highest BCUT2D eigenvalue weighted by atomic mass is 32.1. The molecule has 0 spiro atoms. The van der Waals surface area contributed by atoms with Crippen molar-refractivity contribution in [2.24, 2.45) is 0 Å². The van der Waals surface area contributed by atoms with E-state index in [9.17, 15) is 14.7 Å². The van der Waals surface area contributed by atoms with Crippen molar-refractivity contribution in [3.63, 3.8) is 0 Å². The lowest BCUT2D eigenvalue weighted by molar-refractivity contribution is 0.0694. The Morgan fingerprint density at radius 3 is 2.59 bits per heavy atom. The van der Waals surface area contributed by atoms with Gasteiger partial charge in [-0.2, -0.15) is 5.26 Å². The summed E-state index contributed by atoms with van der Waals surface area (Å²) in [5.74, 6) is -1.48. The van der Waals surface area contributed by atoms with Crippen LogP contribution in [0.4, 0.5) is 0 Å². The summed E-state index contributed by atoms with van der Waals surface area (Å²) in [6.07, 6.45) is 1.63. The van der Waals surface area contributed by atoms with Crippen LogP contribution in [0, 0.1) is 18.3 Å².